The zero-order valence-corrected chi connectivity index (χ0v) is 18.0. The van der Waals surface area contributed by atoms with E-state index >= 15 is 0 Å². The van der Waals surface area contributed by atoms with E-state index in [0.717, 1.165) is 16.8 Å². The summed E-state index contributed by atoms with van der Waals surface area (Å²) in [5, 5.41) is 13.6. The molecule has 0 unspecified atom stereocenters. The summed E-state index contributed by atoms with van der Waals surface area (Å²) in [5.41, 5.74) is 3.98. The van der Waals surface area contributed by atoms with Crippen LogP contribution < -0.4 is 16.0 Å². The maximum absolute atomic E-state index is 11.8. The number of nitrogens with zero attached hydrogens (tertiary/aromatic N) is 4. The molecule has 2 aromatic heterocycles. The number of aryl methyl sites for hydroxylation is 1. The fraction of sp³-hybridized carbons (Fsp3) is 0.0435. The third kappa shape index (κ3) is 4.93. The Hall–Kier alpha value is -4.17. The van der Waals surface area contributed by atoms with E-state index < -0.39 is 0 Å². The summed E-state index contributed by atoms with van der Waals surface area (Å²) in [6.45, 7) is 3.49. The van der Waals surface area contributed by atoms with Crippen LogP contribution in [0.15, 0.2) is 79.8 Å². The molecular weight excluding hydrogens is 426 g/mol. The minimum atomic E-state index is -0.300. The summed E-state index contributed by atoms with van der Waals surface area (Å²) in [6.07, 6.45) is 6.21. The van der Waals surface area contributed by atoms with E-state index in [-0.39, 0.29) is 5.91 Å². The molecule has 2 aromatic carbocycles. The van der Waals surface area contributed by atoms with Gasteiger partial charge in [0.1, 0.15) is 5.02 Å². The summed E-state index contributed by atoms with van der Waals surface area (Å²) < 4.78 is 1.67. The van der Waals surface area contributed by atoms with Crippen molar-refractivity contribution < 1.29 is 4.79 Å². The lowest BCUT2D eigenvalue weighted by Crippen LogP contribution is -2.08. The zero-order valence-electron chi connectivity index (χ0n) is 17.2. The van der Waals surface area contributed by atoms with Gasteiger partial charge in [-0.3, -0.25) is 9.48 Å². The second-order valence-corrected chi connectivity index (χ2v) is 7.27. The number of nitrogens with one attached hydrogen (secondary N) is 3. The maximum Gasteiger partial charge on any atom is 0.247 e. The molecule has 4 aromatic rings. The minimum absolute atomic E-state index is 0.300. The van der Waals surface area contributed by atoms with Crippen molar-refractivity contribution in [2.45, 2.75) is 0 Å². The first kappa shape index (κ1) is 21.1. The molecule has 0 radical (unpaired) electrons. The Balaban J connectivity index is 1.70. The predicted molar refractivity (Wildman–Crippen MR) is 128 cm³/mol. The zero-order chi connectivity index (χ0) is 22.5. The maximum atomic E-state index is 11.8. The van der Waals surface area contributed by atoms with Gasteiger partial charge in [-0.25, -0.2) is 4.98 Å². The highest BCUT2D eigenvalue weighted by molar-refractivity contribution is 6.33. The molecule has 0 aliphatic carbocycles. The van der Waals surface area contributed by atoms with Crippen LogP contribution >= 0.6 is 11.6 Å². The fourth-order valence-corrected chi connectivity index (χ4v) is 3.18. The first-order valence-electron chi connectivity index (χ1n) is 9.70. The molecule has 2 heterocycles. The third-order valence-corrected chi connectivity index (χ3v) is 4.79. The van der Waals surface area contributed by atoms with Crippen molar-refractivity contribution >= 4 is 46.3 Å². The summed E-state index contributed by atoms with van der Waals surface area (Å²) >= 11 is 6.38. The number of hydrogen-bond acceptors (Lipinski definition) is 6. The van der Waals surface area contributed by atoms with Gasteiger partial charge in [0, 0.05) is 30.2 Å². The molecule has 0 aliphatic rings. The van der Waals surface area contributed by atoms with Gasteiger partial charge >= 0.3 is 0 Å². The molecule has 1 amide bonds. The Kier molecular flexibility index (Phi) is 6.14. The highest BCUT2D eigenvalue weighted by Crippen LogP contribution is 2.34. The molecule has 9 heteroatoms. The topological polar surface area (TPSA) is 96.8 Å². The molecule has 3 N–H and O–H groups in total. The Morgan fingerprint density at radius 1 is 1.09 bits per heavy atom. The number of anilines is 5. The molecule has 4 rings (SSSR count). The third-order valence-electron chi connectivity index (χ3n) is 4.52. The Bertz CT molecular complexity index is 1270. The average Bonchev–Trinajstić information content (AvgIpc) is 3.21. The summed E-state index contributed by atoms with van der Waals surface area (Å²) in [6, 6.07) is 15.4. The van der Waals surface area contributed by atoms with Crippen molar-refractivity contribution in [2.75, 3.05) is 16.0 Å². The molecular formula is C23H20ClN7O. The van der Waals surface area contributed by atoms with Crippen LogP contribution in [-0.2, 0) is 11.8 Å². The smallest absolute Gasteiger partial charge is 0.247 e. The van der Waals surface area contributed by atoms with Crippen molar-refractivity contribution in [1.29, 1.82) is 0 Å². The van der Waals surface area contributed by atoms with Gasteiger partial charge in [-0.1, -0.05) is 54.6 Å². The second-order valence-electron chi connectivity index (χ2n) is 6.86. The lowest BCUT2D eigenvalue weighted by Gasteiger charge is -2.15. The van der Waals surface area contributed by atoms with Crippen LogP contribution in [0.25, 0.3) is 11.1 Å². The van der Waals surface area contributed by atoms with Crippen LogP contribution in [0, 0.1) is 0 Å². The van der Waals surface area contributed by atoms with Crippen LogP contribution in [0.4, 0.5) is 28.8 Å². The number of hydrogen-bond donors (Lipinski definition) is 3. The molecule has 0 bridgehead atoms. The van der Waals surface area contributed by atoms with Crippen molar-refractivity contribution in [1.82, 2.24) is 19.7 Å². The molecule has 0 saturated carbocycles. The largest absolute Gasteiger partial charge is 0.338 e. The van der Waals surface area contributed by atoms with Crippen LogP contribution in [0.3, 0.4) is 0 Å². The normalized spacial score (nSPS) is 10.4. The van der Waals surface area contributed by atoms with Gasteiger partial charge < -0.3 is 16.0 Å². The molecule has 0 aliphatic heterocycles. The van der Waals surface area contributed by atoms with Crippen LogP contribution in [0.1, 0.15) is 0 Å². The van der Waals surface area contributed by atoms with Gasteiger partial charge in [0.25, 0.3) is 0 Å². The first-order chi connectivity index (χ1) is 15.5. The van der Waals surface area contributed by atoms with Gasteiger partial charge in [-0.15, -0.1) is 0 Å². The van der Waals surface area contributed by atoms with Crippen molar-refractivity contribution in [3.8, 4) is 11.1 Å². The van der Waals surface area contributed by atoms with Gasteiger partial charge in [0.05, 0.1) is 18.1 Å². The highest BCUT2D eigenvalue weighted by Gasteiger charge is 2.12. The minimum Gasteiger partial charge on any atom is -0.338 e. The molecule has 0 spiro atoms. The van der Waals surface area contributed by atoms with Crippen LogP contribution in [0.5, 0.6) is 0 Å². The number of carbonyl (C=O) groups excluding carboxylic acids is 1. The van der Waals surface area contributed by atoms with E-state index in [1.807, 2.05) is 61.8 Å². The number of halogens is 1. The monoisotopic (exact) mass is 445 g/mol. The van der Waals surface area contributed by atoms with Crippen molar-refractivity contribution in [3.63, 3.8) is 0 Å². The Morgan fingerprint density at radius 3 is 2.62 bits per heavy atom. The molecule has 160 valence electrons. The van der Waals surface area contributed by atoms with Crippen molar-refractivity contribution in [3.05, 3.63) is 84.8 Å². The summed E-state index contributed by atoms with van der Waals surface area (Å²) in [7, 11) is 1.82. The molecule has 0 saturated heterocycles. The van der Waals surface area contributed by atoms with Crippen LogP contribution in [0.2, 0.25) is 5.02 Å². The molecule has 32 heavy (non-hydrogen) atoms. The quantitative estimate of drug-likeness (QED) is 0.341. The molecule has 0 fully saturated rings. The lowest BCUT2D eigenvalue weighted by atomic mass is 10.0. The predicted octanol–water partition coefficient (Wildman–Crippen LogP) is 5.14. The standard InChI is InChI=1S/C23H20ClN7O/c1-3-21(32)27-16-9-10-18(15-7-5-4-6-8-15)20(11-16)29-22-19(24)13-25-23(30-22)28-17-12-26-31(2)14-17/h3-14H,1H2,2H3,(H,27,32)(H2,25,28,29,30). The number of rotatable bonds is 7. The van der Waals surface area contributed by atoms with E-state index in [9.17, 15) is 4.79 Å². The van der Waals surface area contributed by atoms with Gasteiger partial charge in [-0.05, 0) is 23.8 Å². The van der Waals surface area contributed by atoms with E-state index in [1.165, 1.54) is 12.3 Å². The summed E-state index contributed by atoms with van der Waals surface area (Å²) in [5.74, 6) is 0.478. The Morgan fingerprint density at radius 2 is 1.91 bits per heavy atom. The van der Waals surface area contributed by atoms with E-state index in [4.69, 9.17) is 11.6 Å². The first-order valence-corrected chi connectivity index (χ1v) is 10.1. The lowest BCUT2D eigenvalue weighted by molar-refractivity contribution is -0.111. The highest BCUT2D eigenvalue weighted by atomic mass is 35.5. The van der Waals surface area contributed by atoms with Crippen LogP contribution in [-0.4, -0.2) is 25.7 Å². The Labute approximate surface area is 190 Å². The number of amides is 1. The average molecular weight is 446 g/mol. The van der Waals surface area contributed by atoms with Gasteiger partial charge in [0.2, 0.25) is 11.9 Å². The van der Waals surface area contributed by atoms with E-state index in [2.05, 4.69) is 37.6 Å². The van der Waals surface area contributed by atoms with Crippen molar-refractivity contribution in [2.24, 2.45) is 7.05 Å². The second kappa shape index (κ2) is 9.32. The fourth-order valence-electron chi connectivity index (χ4n) is 3.05. The molecule has 0 atom stereocenters. The summed E-state index contributed by atoms with van der Waals surface area (Å²) in [4.78, 5) is 20.5. The van der Waals surface area contributed by atoms with Gasteiger partial charge in [0.15, 0.2) is 5.82 Å². The number of benzene rings is 2. The SMILES string of the molecule is C=CC(=O)Nc1ccc(-c2ccccc2)c(Nc2nc(Nc3cnn(C)c3)ncc2Cl)c1. The number of aromatic nitrogens is 4. The van der Waals surface area contributed by atoms with E-state index in [1.54, 1.807) is 10.9 Å². The number of carbonyl (C=O) groups is 1. The van der Waals surface area contributed by atoms with Gasteiger partial charge in [-0.2, -0.15) is 10.1 Å². The van der Waals surface area contributed by atoms with E-state index in [0.29, 0.717) is 28.2 Å². The molecule has 8 nitrogen and oxygen atoms in total.